The fraction of sp³-hybridized carbons (Fsp3) is 0.429. The van der Waals surface area contributed by atoms with Gasteiger partial charge < -0.3 is 5.32 Å². The summed E-state index contributed by atoms with van der Waals surface area (Å²) in [5.41, 5.74) is 0.701. The maximum Gasteiger partial charge on any atom is 0.230 e. The Morgan fingerprint density at radius 1 is 1.22 bits per heavy atom. The van der Waals surface area contributed by atoms with Gasteiger partial charge in [-0.15, -0.1) is 11.8 Å². The lowest BCUT2D eigenvalue weighted by atomic mass is 10.2. The fourth-order valence-electron chi connectivity index (χ4n) is 1.39. The van der Waals surface area contributed by atoms with E-state index in [9.17, 15) is 9.59 Å². The van der Waals surface area contributed by atoms with Crippen LogP contribution in [0.2, 0.25) is 0 Å². The quantitative estimate of drug-likeness (QED) is 0.468. The zero-order valence-corrected chi connectivity index (χ0v) is 11.7. The topological polar surface area (TPSA) is 46.2 Å². The fourth-order valence-corrected chi connectivity index (χ4v) is 2.12. The molecule has 18 heavy (non-hydrogen) atoms. The molecule has 1 amide bonds. The third kappa shape index (κ3) is 5.36. The zero-order chi connectivity index (χ0) is 13.4. The molecule has 0 radical (unpaired) electrons. The molecule has 0 aliphatic rings. The van der Waals surface area contributed by atoms with Gasteiger partial charge in [0.15, 0.2) is 5.78 Å². The van der Waals surface area contributed by atoms with Gasteiger partial charge in [-0.2, -0.15) is 0 Å². The van der Waals surface area contributed by atoms with Crippen molar-refractivity contribution in [2.45, 2.75) is 31.6 Å². The molecule has 0 fully saturated rings. The molecule has 0 atom stereocenters. The summed E-state index contributed by atoms with van der Waals surface area (Å²) in [4.78, 5) is 23.6. The third-order valence-electron chi connectivity index (χ3n) is 2.48. The zero-order valence-electron chi connectivity index (χ0n) is 10.9. The molecule has 0 spiro atoms. The number of hydrogen-bond acceptors (Lipinski definition) is 3. The molecular weight excluding hydrogens is 246 g/mol. The second-order valence-corrected chi connectivity index (χ2v) is 5.12. The Balaban J connectivity index is 2.34. The summed E-state index contributed by atoms with van der Waals surface area (Å²) in [6.07, 6.45) is 2.10. The van der Waals surface area contributed by atoms with E-state index in [1.807, 2.05) is 12.1 Å². The van der Waals surface area contributed by atoms with Gasteiger partial charge in [0.2, 0.25) is 5.91 Å². The highest BCUT2D eigenvalue weighted by molar-refractivity contribution is 8.00. The van der Waals surface area contributed by atoms with E-state index in [0.29, 0.717) is 11.3 Å². The summed E-state index contributed by atoms with van der Waals surface area (Å²) in [5.74, 6) is 0.538. The van der Waals surface area contributed by atoms with E-state index in [1.54, 1.807) is 19.1 Å². The van der Waals surface area contributed by atoms with Crippen LogP contribution in [0.1, 0.15) is 37.0 Å². The molecule has 1 aromatic rings. The molecule has 0 saturated heterocycles. The number of carbonyl (C=O) groups is 2. The molecule has 1 N–H and O–H groups in total. The van der Waals surface area contributed by atoms with Gasteiger partial charge in [-0.25, -0.2) is 0 Å². The van der Waals surface area contributed by atoms with Crippen molar-refractivity contribution in [2.24, 2.45) is 0 Å². The van der Waals surface area contributed by atoms with Crippen LogP contribution < -0.4 is 5.32 Å². The number of carbonyl (C=O) groups excluding carboxylic acids is 2. The molecule has 3 nitrogen and oxygen atoms in total. The number of Topliss-reactive ketones (excluding diaryl/α,β-unsaturated/α-hetero) is 1. The lowest BCUT2D eigenvalue weighted by Gasteiger charge is -2.04. The molecule has 98 valence electrons. The molecule has 4 heteroatoms. The molecule has 0 aliphatic carbocycles. The molecule has 0 saturated carbocycles. The van der Waals surface area contributed by atoms with Gasteiger partial charge in [0.25, 0.3) is 0 Å². The Bertz CT molecular complexity index is 401. The second-order valence-electron chi connectivity index (χ2n) is 4.07. The summed E-state index contributed by atoms with van der Waals surface area (Å²) in [5, 5.41) is 2.87. The molecule has 0 unspecified atom stereocenters. The Hall–Kier alpha value is -1.29. The first kappa shape index (κ1) is 14.8. The summed E-state index contributed by atoms with van der Waals surface area (Å²) in [6, 6.07) is 7.33. The first-order valence-corrected chi connectivity index (χ1v) is 7.12. The minimum atomic E-state index is 0.0591. The molecular formula is C14H19NO2S. The first-order valence-electron chi connectivity index (χ1n) is 6.14. The normalized spacial score (nSPS) is 10.1. The number of nitrogens with one attached hydrogen (secondary N) is 1. The number of thioether (sulfide) groups is 1. The van der Waals surface area contributed by atoms with Crippen molar-refractivity contribution in [2.75, 3.05) is 12.3 Å². The first-order chi connectivity index (χ1) is 8.63. The van der Waals surface area contributed by atoms with Crippen molar-refractivity contribution in [1.29, 1.82) is 0 Å². The smallest absolute Gasteiger partial charge is 0.230 e. The van der Waals surface area contributed by atoms with Crippen LogP contribution in [0.3, 0.4) is 0 Å². The van der Waals surface area contributed by atoms with Crippen molar-refractivity contribution in [3.8, 4) is 0 Å². The number of benzene rings is 1. The Morgan fingerprint density at radius 2 is 1.89 bits per heavy atom. The second kappa shape index (κ2) is 7.93. The van der Waals surface area contributed by atoms with Gasteiger partial charge in [-0.1, -0.05) is 25.5 Å². The Kier molecular flexibility index (Phi) is 6.50. The van der Waals surface area contributed by atoms with Crippen molar-refractivity contribution < 1.29 is 9.59 Å². The minimum absolute atomic E-state index is 0.0591. The largest absolute Gasteiger partial charge is 0.355 e. The third-order valence-corrected chi connectivity index (χ3v) is 3.50. The van der Waals surface area contributed by atoms with Crippen LogP contribution in [0.15, 0.2) is 29.2 Å². The maximum atomic E-state index is 11.5. The lowest BCUT2D eigenvalue weighted by Crippen LogP contribution is -2.25. The standard InChI is InChI=1S/C14H19NO2S/c1-3-4-9-15-14(17)10-18-13-7-5-12(6-8-13)11(2)16/h5-8H,3-4,9-10H2,1-2H3,(H,15,17). The van der Waals surface area contributed by atoms with E-state index in [4.69, 9.17) is 0 Å². The van der Waals surface area contributed by atoms with Gasteiger partial charge in [0.05, 0.1) is 5.75 Å². The summed E-state index contributed by atoms with van der Waals surface area (Å²) in [7, 11) is 0. The summed E-state index contributed by atoms with van der Waals surface area (Å²) in [6.45, 7) is 4.39. The molecule has 0 aliphatic heterocycles. The van der Waals surface area contributed by atoms with Crippen LogP contribution in [-0.4, -0.2) is 24.0 Å². The maximum absolute atomic E-state index is 11.5. The number of rotatable bonds is 7. The lowest BCUT2D eigenvalue weighted by molar-refractivity contribution is -0.118. The Labute approximate surface area is 112 Å². The minimum Gasteiger partial charge on any atom is -0.355 e. The van der Waals surface area contributed by atoms with E-state index in [-0.39, 0.29) is 11.7 Å². The number of ketones is 1. The molecule has 0 heterocycles. The van der Waals surface area contributed by atoms with Crippen LogP contribution in [0, 0.1) is 0 Å². The van der Waals surface area contributed by atoms with Crippen molar-refractivity contribution in [1.82, 2.24) is 5.32 Å². The van der Waals surface area contributed by atoms with Crippen LogP contribution in [0.25, 0.3) is 0 Å². The number of unbranched alkanes of at least 4 members (excludes halogenated alkanes) is 1. The predicted octanol–water partition coefficient (Wildman–Crippen LogP) is 2.90. The average Bonchev–Trinajstić information content (AvgIpc) is 2.37. The van der Waals surface area contributed by atoms with Crippen LogP contribution in [0.4, 0.5) is 0 Å². The van der Waals surface area contributed by atoms with E-state index in [1.165, 1.54) is 11.8 Å². The van der Waals surface area contributed by atoms with Crippen molar-refractivity contribution in [3.63, 3.8) is 0 Å². The van der Waals surface area contributed by atoms with E-state index in [2.05, 4.69) is 12.2 Å². The highest BCUT2D eigenvalue weighted by atomic mass is 32.2. The molecule has 0 aromatic heterocycles. The Morgan fingerprint density at radius 3 is 2.44 bits per heavy atom. The van der Waals surface area contributed by atoms with Crippen LogP contribution >= 0.6 is 11.8 Å². The van der Waals surface area contributed by atoms with Crippen molar-refractivity contribution in [3.05, 3.63) is 29.8 Å². The SMILES string of the molecule is CCCCNC(=O)CSc1ccc(C(C)=O)cc1. The van der Waals surface area contributed by atoms with Gasteiger partial charge >= 0.3 is 0 Å². The van der Waals surface area contributed by atoms with Gasteiger partial charge in [0.1, 0.15) is 0 Å². The summed E-state index contributed by atoms with van der Waals surface area (Å²) >= 11 is 1.48. The van der Waals surface area contributed by atoms with E-state index in [0.717, 1.165) is 24.3 Å². The van der Waals surface area contributed by atoms with E-state index < -0.39 is 0 Å². The van der Waals surface area contributed by atoms with Gasteiger partial charge in [0, 0.05) is 17.0 Å². The van der Waals surface area contributed by atoms with E-state index >= 15 is 0 Å². The van der Waals surface area contributed by atoms with Gasteiger partial charge in [-0.3, -0.25) is 9.59 Å². The molecule has 1 aromatic carbocycles. The highest BCUT2D eigenvalue weighted by Crippen LogP contribution is 2.18. The molecule has 1 rings (SSSR count). The number of hydrogen-bond donors (Lipinski definition) is 1. The van der Waals surface area contributed by atoms with Crippen LogP contribution in [0.5, 0.6) is 0 Å². The average molecular weight is 265 g/mol. The monoisotopic (exact) mass is 265 g/mol. The van der Waals surface area contributed by atoms with Gasteiger partial charge in [-0.05, 0) is 25.5 Å². The van der Waals surface area contributed by atoms with Crippen LogP contribution in [-0.2, 0) is 4.79 Å². The van der Waals surface area contributed by atoms with Crippen molar-refractivity contribution >= 4 is 23.5 Å². The summed E-state index contributed by atoms with van der Waals surface area (Å²) < 4.78 is 0. The molecule has 0 bridgehead atoms. The predicted molar refractivity (Wildman–Crippen MR) is 75.1 cm³/mol. The highest BCUT2D eigenvalue weighted by Gasteiger charge is 2.03. The number of amides is 1.